The van der Waals surface area contributed by atoms with E-state index in [0.717, 1.165) is 40.6 Å². The molecule has 0 fully saturated rings. The Morgan fingerprint density at radius 1 is 1.12 bits per heavy atom. The van der Waals surface area contributed by atoms with Crippen molar-refractivity contribution < 1.29 is 14.6 Å². The van der Waals surface area contributed by atoms with Crippen LogP contribution >= 0.6 is 11.8 Å². The number of aromatic nitrogens is 1. The number of carbonyl (C=O) groups is 1. The van der Waals surface area contributed by atoms with Crippen LogP contribution in [0.25, 0.3) is 10.9 Å². The number of cyclic esters (lactones) is 1. The van der Waals surface area contributed by atoms with Crippen molar-refractivity contribution in [3.63, 3.8) is 0 Å². The van der Waals surface area contributed by atoms with Gasteiger partial charge < -0.3 is 14.8 Å². The predicted octanol–water partition coefficient (Wildman–Crippen LogP) is 7.45. The highest BCUT2D eigenvalue weighted by Crippen LogP contribution is 2.44. The van der Waals surface area contributed by atoms with Gasteiger partial charge in [-0.25, -0.2) is 4.79 Å². The number of nitrogens with one attached hydrogen (secondary N) is 1. The van der Waals surface area contributed by atoms with E-state index in [0.29, 0.717) is 17.7 Å². The van der Waals surface area contributed by atoms with Crippen molar-refractivity contribution in [3.8, 4) is 0 Å². The molecule has 0 spiro atoms. The minimum Gasteiger partial charge on any atom is -0.511 e. The van der Waals surface area contributed by atoms with Crippen LogP contribution in [-0.4, -0.2) is 21.7 Å². The third-order valence-electron chi connectivity index (χ3n) is 6.34. The van der Waals surface area contributed by atoms with Crippen molar-refractivity contribution in [2.24, 2.45) is 0 Å². The largest absolute Gasteiger partial charge is 0.511 e. The lowest BCUT2D eigenvalue weighted by Gasteiger charge is -2.37. The van der Waals surface area contributed by atoms with Crippen LogP contribution in [0.1, 0.15) is 64.5 Å². The minimum atomic E-state index is -0.659. The molecule has 174 valence electrons. The highest BCUT2D eigenvalue weighted by molar-refractivity contribution is 8.04. The Balaban J connectivity index is 1.63. The van der Waals surface area contributed by atoms with Crippen molar-refractivity contribution in [3.05, 3.63) is 76.5 Å². The summed E-state index contributed by atoms with van der Waals surface area (Å²) < 4.78 is 6.11. The van der Waals surface area contributed by atoms with E-state index < -0.39 is 11.6 Å². The number of carbonyl (C=O) groups excluding carboxylic acids is 1. The maximum absolute atomic E-state index is 13.2. The number of hydrogen-bond donors (Lipinski definition) is 2. The number of aliphatic hydroxyl groups is 1. The first-order valence-electron chi connectivity index (χ1n) is 11.7. The van der Waals surface area contributed by atoms with E-state index in [1.54, 1.807) is 0 Å². The second-order valence-corrected chi connectivity index (χ2v) is 11.1. The molecule has 5 heteroatoms. The molecule has 2 N–H and O–H groups in total. The smallest absolute Gasteiger partial charge is 0.349 e. The number of aliphatic hydroxyl groups excluding tert-OH is 1. The normalized spacial score (nSPS) is 19.2. The van der Waals surface area contributed by atoms with E-state index in [4.69, 9.17) is 4.74 Å². The average molecular weight is 464 g/mol. The summed E-state index contributed by atoms with van der Waals surface area (Å²) >= 11 is 1.33. The van der Waals surface area contributed by atoms with Crippen LogP contribution in [0.5, 0.6) is 0 Å². The standard InChI is InChI=1S/C28H33NO3S/c1-5-13-28(14-11-19-9-7-6-8-10-19)18-23(30)25(26(31)32-28)33-24-16-20-12-15-29-22(20)17-21(24)27(2,3)4/h6-10,12,15-17,29-30H,5,11,13-14,18H2,1-4H3. The van der Waals surface area contributed by atoms with Gasteiger partial charge in [0.25, 0.3) is 0 Å². The van der Waals surface area contributed by atoms with Crippen LogP contribution in [0, 0.1) is 0 Å². The monoisotopic (exact) mass is 463 g/mol. The van der Waals surface area contributed by atoms with Gasteiger partial charge in [0.2, 0.25) is 0 Å². The molecule has 0 bridgehead atoms. The van der Waals surface area contributed by atoms with Crippen molar-refractivity contribution in [2.45, 2.75) is 75.7 Å². The molecule has 2 aromatic carbocycles. The number of rotatable bonds is 7. The van der Waals surface area contributed by atoms with Gasteiger partial charge in [0.1, 0.15) is 16.3 Å². The van der Waals surface area contributed by atoms with E-state index in [1.165, 1.54) is 17.3 Å². The zero-order chi connectivity index (χ0) is 23.6. The Labute approximate surface area is 200 Å². The molecule has 0 amide bonds. The Bertz CT molecular complexity index is 1170. The highest BCUT2D eigenvalue weighted by Gasteiger charge is 2.41. The van der Waals surface area contributed by atoms with Crippen molar-refractivity contribution in [2.75, 3.05) is 0 Å². The molecule has 1 aromatic heterocycles. The topological polar surface area (TPSA) is 62.3 Å². The molecule has 1 aliphatic rings. The molecule has 2 heterocycles. The average Bonchev–Trinajstić information content (AvgIpc) is 3.22. The molecule has 4 nitrogen and oxygen atoms in total. The van der Waals surface area contributed by atoms with Gasteiger partial charge in [-0.05, 0) is 54.0 Å². The van der Waals surface area contributed by atoms with Gasteiger partial charge in [0.15, 0.2) is 0 Å². The van der Waals surface area contributed by atoms with Gasteiger partial charge in [-0.15, -0.1) is 0 Å². The SMILES string of the molecule is CCCC1(CCc2ccccc2)CC(O)=C(Sc2cc3cc[nH]c3cc2C(C)(C)C)C(=O)O1. The number of esters is 1. The van der Waals surface area contributed by atoms with E-state index in [1.807, 2.05) is 30.5 Å². The molecule has 0 saturated heterocycles. The second kappa shape index (κ2) is 9.30. The number of thioether (sulfide) groups is 1. The number of ether oxygens (including phenoxy) is 1. The maximum atomic E-state index is 13.2. The number of H-pyrrole nitrogens is 1. The molecule has 4 rings (SSSR count). The Morgan fingerprint density at radius 2 is 1.88 bits per heavy atom. The summed E-state index contributed by atoms with van der Waals surface area (Å²) in [6, 6.07) is 16.5. The lowest BCUT2D eigenvalue weighted by Crippen LogP contribution is -2.40. The molecule has 1 aliphatic heterocycles. The molecule has 0 saturated carbocycles. The molecule has 33 heavy (non-hydrogen) atoms. The first kappa shape index (κ1) is 23.5. The Kier molecular flexibility index (Phi) is 6.62. The van der Waals surface area contributed by atoms with Gasteiger partial charge >= 0.3 is 5.97 Å². The van der Waals surface area contributed by atoms with E-state index in [2.05, 4.69) is 56.9 Å². The number of aromatic amines is 1. The second-order valence-electron chi connectivity index (χ2n) is 10.0. The summed E-state index contributed by atoms with van der Waals surface area (Å²) in [5, 5.41) is 12.2. The zero-order valence-corrected chi connectivity index (χ0v) is 20.7. The van der Waals surface area contributed by atoms with Gasteiger partial charge in [-0.3, -0.25) is 0 Å². The fourth-order valence-corrected chi connectivity index (χ4v) is 5.82. The summed E-state index contributed by atoms with van der Waals surface area (Å²) in [6.07, 6.45) is 5.40. The first-order chi connectivity index (χ1) is 15.7. The molecule has 3 aromatic rings. The summed E-state index contributed by atoms with van der Waals surface area (Å²) in [6.45, 7) is 8.56. The van der Waals surface area contributed by atoms with Gasteiger partial charge in [0.05, 0.1) is 0 Å². The highest BCUT2D eigenvalue weighted by atomic mass is 32.2. The van der Waals surface area contributed by atoms with E-state index in [-0.39, 0.29) is 11.2 Å². The number of benzene rings is 2. The minimum absolute atomic E-state index is 0.113. The quantitative estimate of drug-likeness (QED) is 0.357. The molecule has 0 aliphatic carbocycles. The summed E-state index contributed by atoms with van der Waals surface area (Å²) in [5.74, 6) is -0.272. The van der Waals surface area contributed by atoms with Crippen molar-refractivity contribution in [1.29, 1.82) is 0 Å². The van der Waals surface area contributed by atoms with Gasteiger partial charge in [-0.2, -0.15) is 0 Å². The Morgan fingerprint density at radius 3 is 2.55 bits per heavy atom. The molecular weight excluding hydrogens is 430 g/mol. The van der Waals surface area contributed by atoms with Crippen molar-refractivity contribution in [1.82, 2.24) is 4.98 Å². The zero-order valence-electron chi connectivity index (χ0n) is 19.9. The van der Waals surface area contributed by atoms with Crippen molar-refractivity contribution >= 4 is 28.6 Å². The fraction of sp³-hybridized carbons (Fsp3) is 0.393. The molecule has 0 radical (unpaired) electrons. The third-order valence-corrected chi connectivity index (χ3v) is 7.50. The summed E-state index contributed by atoms with van der Waals surface area (Å²) in [5.41, 5.74) is 2.63. The van der Waals surface area contributed by atoms with Crippen LogP contribution in [0.4, 0.5) is 0 Å². The third kappa shape index (κ3) is 5.14. The number of aryl methyl sites for hydroxylation is 1. The van der Waals surface area contributed by atoms with Crippen LogP contribution in [0.2, 0.25) is 0 Å². The first-order valence-corrected chi connectivity index (χ1v) is 12.5. The summed E-state index contributed by atoms with van der Waals surface area (Å²) in [4.78, 5) is 17.8. The van der Waals surface area contributed by atoms with Gasteiger partial charge in [0, 0.05) is 28.4 Å². The molecule has 1 atom stereocenters. The Hall–Kier alpha value is -2.66. The van der Waals surface area contributed by atoms with E-state index >= 15 is 0 Å². The van der Waals surface area contributed by atoms with E-state index in [9.17, 15) is 9.90 Å². The van der Waals surface area contributed by atoms with Crippen LogP contribution < -0.4 is 0 Å². The summed E-state index contributed by atoms with van der Waals surface area (Å²) in [7, 11) is 0. The van der Waals surface area contributed by atoms with Crippen LogP contribution in [0.15, 0.2) is 70.3 Å². The fourth-order valence-electron chi connectivity index (χ4n) is 4.62. The predicted molar refractivity (Wildman–Crippen MR) is 136 cm³/mol. The lowest BCUT2D eigenvalue weighted by atomic mass is 9.85. The molecule has 1 unspecified atom stereocenters. The van der Waals surface area contributed by atoms with Gasteiger partial charge in [-0.1, -0.05) is 76.2 Å². The van der Waals surface area contributed by atoms with Crippen LogP contribution in [-0.2, 0) is 21.4 Å². The number of hydrogen-bond acceptors (Lipinski definition) is 4. The van der Waals surface area contributed by atoms with Crippen LogP contribution in [0.3, 0.4) is 0 Å². The number of fused-ring (bicyclic) bond motifs is 1. The lowest BCUT2D eigenvalue weighted by molar-refractivity contribution is -0.159. The molecular formula is C28H33NO3S. The maximum Gasteiger partial charge on any atom is 0.349 e.